The molecule has 0 saturated carbocycles. The van der Waals surface area contributed by atoms with Crippen LogP contribution in [0.1, 0.15) is 22.7 Å². The van der Waals surface area contributed by atoms with Gasteiger partial charge in [0.1, 0.15) is 5.75 Å². The lowest BCUT2D eigenvalue weighted by molar-refractivity contribution is 0.413. The van der Waals surface area contributed by atoms with E-state index in [1.807, 2.05) is 48.5 Å². The van der Waals surface area contributed by atoms with E-state index in [1.165, 1.54) is 10.6 Å². The Morgan fingerprint density at radius 2 is 1.74 bits per heavy atom. The van der Waals surface area contributed by atoms with Crippen LogP contribution < -0.4 is 4.74 Å². The minimum atomic E-state index is -3.42. The van der Waals surface area contributed by atoms with E-state index in [-0.39, 0.29) is 0 Å². The highest BCUT2D eigenvalue weighted by Gasteiger charge is 2.32. The minimum absolute atomic E-state index is 0.395. The van der Waals surface area contributed by atoms with Gasteiger partial charge in [-0.05, 0) is 44.8 Å². The first-order valence-corrected chi connectivity index (χ1v) is 9.65. The largest absolute Gasteiger partial charge is 0.497 e. The molecule has 6 heteroatoms. The monoisotopic (exact) mass is 393 g/mol. The van der Waals surface area contributed by atoms with Gasteiger partial charge in [0.2, 0.25) is 10.0 Å². The van der Waals surface area contributed by atoms with Gasteiger partial charge in [0.15, 0.2) is 0 Å². The standard InChI is InChI=1S/C17H16BrNO3S/c1-22-13-9-7-12(8-10-13)17-15-6-4-3-5-14(15)16(18)11-19(17)23(2,20)21/h3-11,17H,1-2H3. The zero-order chi connectivity index (χ0) is 16.6. The third kappa shape index (κ3) is 3.01. The van der Waals surface area contributed by atoms with Crippen LogP contribution in [0.3, 0.4) is 0 Å². The van der Waals surface area contributed by atoms with Gasteiger partial charge in [0.25, 0.3) is 0 Å². The van der Waals surface area contributed by atoms with Gasteiger partial charge in [-0.25, -0.2) is 8.42 Å². The van der Waals surface area contributed by atoms with E-state index in [9.17, 15) is 8.42 Å². The molecule has 0 spiro atoms. The number of benzene rings is 2. The van der Waals surface area contributed by atoms with Crippen molar-refractivity contribution in [2.45, 2.75) is 6.04 Å². The number of sulfonamides is 1. The highest BCUT2D eigenvalue weighted by molar-refractivity contribution is 9.15. The molecule has 0 aliphatic carbocycles. The molecule has 0 N–H and O–H groups in total. The second-order valence-corrected chi connectivity index (χ2v) is 8.07. The number of rotatable bonds is 3. The maximum atomic E-state index is 12.3. The molecule has 120 valence electrons. The molecular formula is C17H16BrNO3S. The maximum absolute atomic E-state index is 12.3. The summed E-state index contributed by atoms with van der Waals surface area (Å²) >= 11 is 3.48. The Hall–Kier alpha value is -1.79. The quantitative estimate of drug-likeness (QED) is 0.797. The zero-order valence-electron chi connectivity index (χ0n) is 12.7. The fraction of sp³-hybridized carbons (Fsp3) is 0.176. The van der Waals surface area contributed by atoms with Gasteiger partial charge in [0, 0.05) is 10.7 Å². The molecule has 2 aromatic rings. The van der Waals surface area contributed by atoms with Gasteiger partial charge in [-0.1, -0.05) is 36.4 Å². The molecule has 0 radical (unpaired) electrons. The van der Waals surface area contributed by atoms with E-state index in [0.29, 0.717) is 0 Å². The van der Waals surface area contributed by atoms with Crippen LogP contribution in [0.25, 0.3) is 4.48 Å². The van der Waals surface area contributed by atoms with E-state index in [1.54, 1.807) is 13.3 Å². The maximum Gasteiger partial charge on any atom is 0.232 e. The first kappa shape index (κ1) is 16.1. The molecule has 0 fully saturated rings. The van der Waals surface area contributed by atoms with Crippen LogP contribution in [0.2, 0.25) is 0 Å². The summed E-state index contributed by atoms with van der Waals surface area (Å²) in [4.78, 5) is 0. The smallest absolute Gasteiger partial charge is 0.232 e. The number of hydrogen-bond acceptors (Lipinski definition) is 3. The van der Waals surface area contributed by atoms with Gasteiger partial charge in [-0.2, -0.15) is 0 Å². The van der Waals surface area contributed by atoms with Crippen LogP contribution in [0.4, 0.5) is 0 Å². The summed E-state index contributed by atoms with van der Waals surface area (Å²) in [6, 6.07) is 14.9. The van der Waals surface area contributed by atoms with Crippen LogP contribution >= 0.6 is 15.9 Å². The van der Waals surface area contributed by atoms with Crippen LogP contribution in [-0.2, 0) is 10.0 Å². The summed E-state index contributed by atoms with van der Waals surface area (Å²) in [5.41, 5.74) is 2.82. The molecular weight excluding hydrogens is 378 g/mol. The highest BCUT2D eigenvalue weighted by atomic mass is 79.9. The lowest BCUT2D eigenvalue weighted by atomic mass is 9.92. The summed E-state index contributed by atoms with van der Waals surface area (Å²) in [6.45, 7) is 0. The van der Waals surface area contributed by atoms with Gasteiger partial charge in [-0.3, -0.25) is 4.31 Å². The Bertz CT molecular complexity index is 860. The number of halogens is 1. The lowest BCUT2D eigenvalue weighted by Crippen LogP contribution is -2.33. The van der Waals surface area contributed by atoms with Crippen molar-refractivity contribution in [3.05, 3.63) is 71.4 Å². The molecule has 2 aromatic carbocycles. The van der Waals surface area contributed by atoms with Gasteiger partial charge in [0.05, 0.1) is 19.4 Å². The second-order valence-electron chi connectivity index (χ2n) is 5.33. The van der Waals surface area contributed by atoms with Crippen molar-refractivity contribution in [3.63, 3.8) is 0 Å². The fourth-order valence-corrected chi connectivity index (χ4v) is 4.38. The molecule has 4 nitrogen and oxygen atoms in total. The first-order chi connectivity index (χ1) is 10.9. The van der Waals surface area contributed by atoms with Gasteiger partial charge < -0.3 is 4.74 Å². The Morgan fingerprint density at radius 1 is 1.09 bits per heavy atom. The molecule has 1 aliphatic rings. The first-order valence-electron chi connectivity index (χ1n) is 7.01. The number of methoxy groups -OCH3 is 1. The molecule has 0 bridgehead atoms. The van der Waals surface area contributed by atoms with Crippen molar-refractivity contribution in [2.24, 2.45) is 0 Å². The fourth-order valence-electron chi connectivity index (χ4n) is 2.75. The molecule has 0 aromatic heterocycles. The predicted octanol–water partition coefficient (Wildman–Crippen LogP) is 3.75. The van der Waals surface area contributed by atoms with Crippen LogP contribution in [0.15, 0.2) is 54.7 Å². The van der Waals surface area contributed by atoms with E-state index >= 15 is 0 Å². The minimum Gasteiger partial charge on any atom is -0.497 e. The molecule has 1 atom stereocenters. The van der Waals surface area contributed by atoms with E-state index in [2.05, 4.69) is 15.9 Å². The number of nitrogens with zero attached hydrogens (tertiary/aromatic N) is 1. The number of hydrogen-bond donors (Lipinski definition) is 0. The average Bonchev–Trinajstić information content (AvgIpc) is 2.54. The Morgan fingerprint density at radius 3 is 2.35 bits per heavy atom. The Balaban J connectivity index is 2.20. The summed E-state index contributed by atoms with van der Waals surface area (Å²) in [5.74, 6) is 0.737. The van der Waals surface area contributed by atoms with Crippen molar-refractivity contribution < 1.29 is 13.2 Å². The van der Waals surface area contributed by atoms with Crippen LogP contribution in [0.5, 0.6) is 5.75 Å². The SMILES string of the molecule is COc1ccc(C2c3ccccc3C(Br)=CN2S(C)(=O)=O)cc1. The van der Waals surface area contributed by atoms with Crippen molar-refractivity contribution in [3.8, 4) is 5.75 Å². The summed E-state index contributed by atoms with van der Waals surface area (Å²) in [6.07, 6.45) is 2.85. The van der Waals surface area contributed by atoms with Gasteiger partial charge in [-0.15, -0.1) is 0 Å². The third-order valence-electron chi connectivity index (χ3n) is 3.82. The molecule has 0 amide bonds. The van der Waals surface area contributed by atoms with Gasteiger partial charge >= 0.3 is 0 Å². The van der Waals surface area contributed by atoms with Crippen molar-refractivity contribution in [2.75, 3.05) is 13.4 Å². The van der Waals surface area contributed by atoms with Crippen molar-refractivity contribution in [1.82, 2.24) is 4.31 Å². The normalized spacial score (nSPS) is 17.4. The molecule has 1 heterocycles. The molecule has 1 aliphatic heterocycles. The number of fused-ring (bicyclic) bond motifs is 1. The molecule has 1 unspecified atom stereocenters. The van der Waals surface area contributed by atoms with Crippen LogP contribution in [0, 0.1) is 0 Å². The summed E-state index contributed by atoms with van der Waals surface area (Å²) in [7, 11) is -1.81. The van der Waals surface area contributed by atoms with Crippen molar-refractivity contribution >= 4 is 30.4 Å². The Kier molecular flexibility index (Phi) is 4.21. The molecule has 0 saturated heterocycles. The predicted molar refractivity (Wildman–Crippen MR) is 94.9 cm³/mol. The molecule has 3 rings (SSSR count). The average molecular weight is 394 g/mol. The number of ether oxygens (including phenoxy) is 1. The topological polar surface area (TPSA) is 46.6 Å². The summed E-state index contributed by atoms with van der Waals surface area (Å²) in [5, 5.41) is 0. The van der Waals surface area contributed by atoms with E-state index in [0.717, 1.165) is 26.9 Å². The second kappa shape index (κ2) is 6.02. The van der Waals surface area contributed by atoms with Crippen molar-refractivity contribution in [1.29, 1.82) is 0 Å². The molecule has 23 heavy (non-hydrogen) atoms. The zero-order valence-corrected chi connectivity index (χ0v) is 15.1. The van der Waals surface area contributed by atoms with E-state index in [4.69, 9.17) is 4.74 Å². The Labute approximate surface area is 144 Å². The van der Waals surface area contributed by atoms with E-state index < -0.39 is 16.1 Å². The van der Waals surface area contributed by atoms with Crippen LogP contribution in [-0.4, -0.2) is 26.1 Å². The lowest BCUT2D eigenvalue weighted by Gasteiger charge is -2.34. The highest BCUT2D eigenvalue weighted by Crippen LogP contribution is 2.42. The third-order valence-corrected chi connectivity index (χ3v) is 5.54. The summed E-state index contributed by atoms with van der Waals surface area (Å²) < 4.78 is 31.9.